The summed E-state index contributed by atoms with van der Waals surface area (Å²) >= 11 is 0. The van der Waals surface area contributed by atoms with E-state index < -0.39 is 0 Å². The SMILES string of the molecule is Cc1cc(C)nc(N2C(=O)c3ccccc3C2=O)n1. The lowest BCUT2D eigenvalue weighted by Gasteiger charge is -2.12. The first kappa shape index (κ1) is 11.5. The number of carbonyl (C=O) groups excluding carboxylic acids is 2. The highest BCUT2D eigenvalue weighted by atomic mass is 16.2. The second kappa shape index (κ2) is 3.98. The number of aromatic nitrogens is 2. The third kappa shape index (κ3) is 1.71. The Morgan fingerprint density at radius 1 is 0.895 bits per heavy atom. The lowest BCUT2D eigenvalue weighted by Crippen LogP contribution is -2.31. The molecule has 19 heavy (non-hydrogen) atoms. The normalized spacial score (nSPS) is 13.9. The summed E-state index contributed by atoms with van der Waals surface area (Å²) < 4.78 is 0. The van der Waals surface area contributed by atoms with E-state index >= 15 is 0 Å². The fraction of sp³-hybridized carbons (Fsp3) is 0.143. The fourth-order valence-electron chi connectivity index (χ4n) is 2.18. The van der Waals surface area contributed by atoms with Crippen molar-refractivity contribution in [2.75, 3.05) is 4.90 Å². The van der Waals surface area contributed by atoms with Gasteiger partial charge in [0, 0.05) is 11.4 Å². The van der Waals surface area contributed by atoms with E-state index in [4.69, 9.17) is 0 Å². The molecular weight excluding hydrogens is 242 g/mol. The second-order valence-electron chi connectivity index (χ2n) is 4.44. The van der Waals surface area contributed by atoms with Crippen LogP contribution >= 0.6 is 0 Å². The number of imide groups is 1. The molecule has 5 heteroatoms. The van der Waals surface area contributed by atoms with Crippen LogP contribution in [-0.4, -0.2) is 21.8 Å². The standard InChI is InChI=1S/C14H11N3O2/c1-8-7-9(2)16-14(15-8)17-12(18)10-5-3-4-6-11(10)13(17)19/h3-7H,1-2H3. The number of fused-ring (bicyclic) bond motifs is 1. The lowest BCUT2D eigenvalue weighted by molar-refractivity contribution is 0.0924. The van der Waals surface area contributed by atoms with Crippen molar-refractivity contribution in [3.05, 3.63) is 52.8 Å². The average molecular weight is 253 g/mol. The number of aryl methyl sites for hydroxylation is 2. The van der Waals surface area contributed by atoms with E-state index in [9.17, 15) is 9.59 Å². The zero-order valence-electron chi connectivity index (χ0n) is 10.5. The van der Waals surface area contributed by atoms with E-state index in [1.54, 1.807) is 44.2 Å². The van der Waals surface area contributed by atoms with Gasteiger partial charge in [0.15, 0.2) is 0 Å². The highest BCUT2D eigenvalue weighted by Crippen LogP contribution is 2.26. The minimum absolute atomic E-state index is 0.142. The van der Waals surface area contributed by atoms with E-state index in [0.29, 0.717) is 11.1 Å². The van der Waals surface area contributed by atoms with Crippen LogP contribution in [0.5, 0.6) is 0 Å². The Balaban J connectivity index is 2.14. The molecule has 1 aliphatic heterocycles. The zero-order chi connectivity index (χ0) is 13.6. The maximum Gasteiger partial charge on any atom is 0.268 e. The van der Waals surface area contributed by atoms with Crippen molar-refractivity contribution in [3.8, 4) is 0 Å². The van der Waals surface area contributed by atoms with Gasteiger partial charge in [-0.15, -0.1) is 0 Å². The topological polar surface area (TPSA) is 63.2 Å². The fourth-order valence-corrected chi connectivity index (χ4v) is 2.18. The zero-order valence-corrected chi connectivity index (χ0v) is 10.5. The predicted octanol–water partition coefficient (Wildman–Crippen LogP) is 1.89. The number of hydrogen-bond donors (Lipinski definition) is 0. The molecule has 2 aromatic rings. The first-order valence-corrected chi connectivity index (χ1v) is 5.88. The molecule has 3 rings (SSSR count). The van der Waals surface area contributed by atoms with Crippen molar-refractivity contribution in [2.24, 2.45) is 0 Å². The van der Waals surface area contributed by atoms with Crippen LogP contribution in [-0.2, 0) is 0 Å². The van der Waals surface area contributed by atoms with Gasteiger partial charge in [-0.05, 0) is 32.0 Å². The molecule has 1 aromatic carbocycles. The largest absolute Gasteiger partial charge is 0.268 e. The molecule has 0 unspecified atom stereocenters. The van der Waals surface area contributed by atoms with E-state index in [0.717, 1.165) is 16.3 Å². The summed E-state index contributed by atoms with van der Waals surface area (Å²) in [6, 6.07) is 8.53. The third-order valence-electron chi connectivity index (χ3n) is 2.96. The van der Waals surface area contributed by atoms with Crippen molar-refractivity contribution in [1.82, 2.24) is 9.97 Å². The van der Waals surface area contributed by atoms with E-state index in [1.807, 2.05) is 0 Å². The number of nitrogens with zero attached hydrogens (tertiary/aromatic N) is 3. The van der Waals surface area contributed by atoms with Crippen LogP contribution in [0.1, 0.15) is 32.1 Å². The molecule has 0 saturated carbocycles. The van der Waals surface area contributed by atoms with Crippen molar-refractivity contribution in [2.45, 2.75) is 13.8 Å². The minimum Gasteiger partial charge on any atom is -0.268 e. The van der Waals surface area contributed by atoms with Crippen LogP contribution in [0.3, 0.4) is 0 Å². The van der Waals surface area contributed by atoms with Crippen LogP contribution < -0.4 is 4.90 Å². The first-order valence-electron chi connectivity index (χ1n) is 5.88. The molecule has 0 N–H and O–H groups in total. The Kier molecular flexibility index (Phi) is 2.41. The summed E-state index contributed by atoms with van der Waals surface area (Å²) in [5, 5.41) is 0. The van der Waals surface area contributed by atoms with Gasteiger partial charge < -0.3 is 0 Å². The highest BCUT2D eigenvalue weighted by Gasteiger charge is 2.38. The number of carbonyl (C=O) groups is 2. The van der Waals surface area contributed by atoms with E-state index in [2.05, 4.69) is 9.97 Å². The molecule has 0 atom stereocenters. The van der Waals surface area contributed by atoms with Gasteiger partial charge in [0.05, 0.1) is 11.1 Å². The molecule has 2 amide bonds. The van der Waals surface area contributed by atoms with Gasteiger partial charge in [-0.25, -0.2) is 14.9 Å². The Hall–Kier alpha value is -2.56. The lowest BCUT2D eigenvalue weighted by atomic mass is 10.1. The number of rotatable bonds is 1. The van der Waals surface area contributed by atoms with Gasteiger partial charge in [-0.1, -0.05) is 12.1 Å². The van der Waals surface area contributed by atoms with Crippen LogP contribution in [0, 0.1) is 13.8 Å². The van der Waals surface area contributed by atoms with Gasteiger partial charge >= 0.3 is 0 Å². The van der Waals surface area contributed by atoms with Crippen molar-refractivity contribution < 1.29 is 9.59 Å². The smallest absolute Gasteiger partial charge is 0.268 e. The van der Waals surface area contributed by atoms with Crippen LogP contribution in [0.4, 0.5) is 5.95 Å². The summed E-state index contributed by atoms with van der Waals surface area (Å²) in [6.07, 6.45) is 0. The number of hydrogen-bond acceptors (Lipinski definition) is 4. The molecule has 0 bridgehead atoms. The minimum atomic E-state index is -0.370. The molecule has 0 radical (unpaired) electrons. The molecule has 0 fully saturated rings. The summed E-state index contributed by atoms with van der Waals surface area (Å²) in [5.74, 6) is -0.597. The van der Waals surface area contributed by atoms with Gasteiger partial charge in [0.25, 0.3) is 11.8 Å². The average Bonchev–Trinajstić information content (AvgIpc) is 2.61. The molecule has 0 spiro atoms. The number of benzene rings is 1. The summed E-state index contributed by atoms with van der Waals surface area (Å²) in [5.41, 5.74) is 2.24. The third-order valence-corrected chi connectivity index (χ3v) is 2.96. The van der Waals surface area contributed by atoms with Gasteiger partial charge in [0.2, 0.25) is 5.95 Å². The number of anilines is 1. The van der Waals surface area contributed by atoms with Crippen molar-refractivity contribution in [1.29, 1.82) is 0 Å². The highest BCUT2D eigenvalue weighted by molar-refractivity contribution is 6.33. The Morgan fingerprint density at radius 2 is 1.37 bits per heavy atom. The van der Waals surface area contributed by atoms with Gasteiger partial charge in [-0.2, -0.15) is 0 Å². The molecule has 2 heterocycles. The predicted molar refractivity (Wildman–Crippen MR) is 69.1 cm³/mol. The first-order chi connectivity index (χ1) is 9.08. The molecular formula is C14H11N3O2. The quantitative estimate of drug-likeness (QED) is 0.728. The Morgan fingerprint density at radius 3 is 1.84 bits per heavy atom. The summed E-state index contributed by atoms with van der Waals surface area (Å²) in [6.45, 7) is 3.60. The monoisotopic (exact) mass is 253 g/mol. The second-order valence-corrected chi connectivity index (χ2v) is 4.44. The van der Waals surface area contributed by atoms with Gasteiger partial charge in [0.1, 0.15) is 0 Å². The molecule has 1 aromatic heterocycles. The Labute approximate surface area is 109 Å². The van der Waals surface area contributed by atoms with Crippen LogP contribution in [0.2, 0.25) is 0 Å². The maximum absolute atomic E-state index is 12.3. The van der Waals surface area contributed by atoms with Crippen LogP contribution in [0.15, 0.2) is 30.3 Å². The Bertz CT molecular complexity index is 654. The molecule has 5 nitrogen and oxygen atoms in total. The maximum atomic E-state index is 12.3. The molecule has 0 aliphatic carbocycles. The number of amides is 2. The molecule has 94 valence electrons. The summed E-state index contributed by atoms with van der Waals surface area (Å²) in [7, 11) is 0. The van der Waals surface area contributed by atoms with Crippen LogP contribution in [0.25, 0.3) is 0 Å². The summed E-state index contributed by atoms with van der Waals surface area (Å²) in [4.78, 5) is 33.9. The van der Waals surface area contributed by atoms with E-state index in [-0.39, 0.29) is 17.8 Å². The van der Waals surface area contributed by atoms with Gasteiger partial charge in [-0.3, -0.25) is 9.59 Å². The molecule has 0 saturated heterocycles. The van der Waals surface area contributed by atoms with E-state index in [1.165, 1.54) is 0 Å². The molecule has 1 aliphatic rings. The van der Waals surface area contributed by atoms with Crippen molar-refractivity contribution >= 4 is 17.8 Å². The van der Waals surface area contributed by atoms with Crippen molar-refractivity contribution in [3.63, 3.8) is 0 Å².